The molecular formula is C28H18Br2N2O3S. The lowest BCUT2D eigenvalue weighted by molar-refractivity contribution is 0.174. The minimum Gasteiger partial charge on any atom is -0.454 e. The molecule has 1 aromatic heterocycles. The van der Waals surface area contributed by atoms with Crippen LogP contribution in [-0.4, -0.2) is 11.4 Å². The van der Waals surface area contributed by atoms with Crippen LogP contribution < -0.4 is 24.4 Å². The third-order valence-electron chi connectivity index (χ3n) is 6.84. The molecule has 0 N–H and O–H groups in total. The number of nitrogens with zero attached hydrogens (tertiary/aromatic N) is 2. The van der Waals surface area contributed by atoms with E-state index in [0.29, 0.717) is 20.8 Å². The minimum absolute atomic E-state index is 0.0401. The zero-order chi connectivity index (χ0) is 24.4. The molecule has 0 fully saturated rings. The molecule has 0 bridgehead atoms. The molecule has 0 radical (unpaired) electrons. The molecule has 3 aromatic carbocycles. The molecule has 178 valence electrons. The SMILES string of the molecule is O=c1/c(=C\c2cc3c(cc2Br)OCO3)sc2n1[C@@H](c1ccc(Br)cc1)C1=C(N=2)c2ccccc2CC1. The number of aryl methyl sites for hydroxylation is 1. The summed E-state index contributed by atoms with van der Waals surface area (Å²) >= 11 is 8.59. The highest BCUT2D eigenvalue weighted by Crippen LogP contribution is 2.41. The van der Waals surface area contributed by atoms with Gasteiger partial charge in [0.05, 0.1) is 16.3 Å². The van der Waals surface area contributed by atoms with Crippen LogP contribution in [0.2, 0.25) is 0 Å². The average molecular weight is 622 g/mol. The lowest BCUT2D eigenvalue weighted by atomic mass is 9.83. The molecule has 3 aliphatic rings. The van der Waals surface area contributed by atoms with Crippen molar-refractivity contribution >= 4 is 55.0 Å². The summed E-state index contributed by atoms with van der Waals surface area (Å²) in [6, 6.07) is 20.3. The largest absolute Gasteiger partial charge is 0.454 e. The number of ether oxygens (including phenoxy) is 2. The van der Waals surface area contributed by atoms with Gasteiger partial charge in [0, 0.05) is 14.5 Å². The fourth-order valence-corrected chi connectivity index (χ4v) is 6.85. The van der Waals surface area contributed by atoms with Gasteiger partial charge in [0.25, 0.3) is 5.56 Å². The van der Waals surface area contributed by atoms with Gasteiger partial charge in [-0.05, 0) is 65.4 Å². The van der Waals surface area contributed by atoms with Crippen molar-refractivity contribution < 1.29 is 9.47 Å². The van der Waals surface area contributed by atoms with Crippen LogP contribution >= 0.6 is 43.2 Å². The number of rotatable bonds is 2. The first-order chi connectivity index (χ1) is 17.6. The number of halogens is 2. The molecule has 0 spiro atoms. The number of hydrogen-bond acceptors (Lipinski definition) is 5. The zero-order valence-corrected chi connectivity index (χ0v) is 22.8. The third-order valence-corrected chi connectivity index (χ3v) is 9.04. The normalized spacial score (nSPS) is 17.9. The van der Waals surface area contributed by atoms with Gasteiger partial charge in [-0.15, -0.1) is 0 Å². The van der Waals surface area contributed by atoms with Gasteiger partial charge in [0.2, 0.25) is 6.79 Å². The standard InChI is InChI=1S/C28H18Br2N2O3S/c29-18-8-5-16(6-9-18)26-20-10-7-15-3-1-2-4-19(15)25(20)31-28-32(26)27(33)24(36-28)12-17-11-22-23(13-21(17)30)35-14-34-22/h1-6,8-9,11-13,26H,7,10,14H2/b24-12+/t26-/m0/s1. The molecule has 0 saturated heterocycles. The van der Waals surface area contributed by atoms with Crippen LogP contribution in [0.25, 0.3) is 11.8 Å². The number of allylic oxidation sites excluding steroid dienone is 1. The topological polar surface area (TPSA) is 52.8 Å². The van der Waals surface area contributed by atoms with Gasteiger partial charge in [0.1, 0.15) is 0 Å². The molecular weight excluding hydrogens is 604 g/mol. The van der Waals surface area contributed by atoms with Crippen molar-refractivity contribution in [1.29, 1.82) is 0 Å². The van der Waals surface area contributed by atoms with Gasteiger partial charge in [-0.3, -0.25) is 9.36 Å². The van der Waals surface area contributed by atoms with Crippen LogP contribution in [0, 0.1) is 0 Å². The van der Waals surface area contributed by atoms with Gasteiger partial charge >= 0.3 is 0 Å². The van der Waals surface area contributed by atoms with Gasteiger partial charge in [-0.25, -0.2) is 4.99 Å². The first-order valence-electron chi connectivity index (χ1n) is 11.5. The van der Waals surface area contributed by atoms with Crippen molar-refractivity contribution in [2.75, 3.05) is 6.79 Å². The molecule has 1 aliphatic carbocycles. The van der Waals surface area contributed by atoms with Gasteiger partial charge in [-0.2, -0.15) is 0 Å². The quantitative estimate of drug-likeness (QED) is 0.294. The van der Waals surface area contributed by atoms with Crippen LogP contribution in [-0.2, 0) is 6.42 Å². The predicted molar refractivity (Wildman–Crippen MR) is 147 cm³/mol. The Bertz CT molecular complexity index is 1770. The highest BCUT2D eigenvalue weighted by atomic mass is 79.9. The van der Waals surface area contributed by atoms with Crippen molar-refractivity contribution in [3.05, 3.63) is 117 Å². The minimum atomic E-state index is -0.194. The van der Waals surface area contributed by atoms with E-state index >= 15 is 0 Å². The number of aromatic nitrogens is 1. The fourth-order valence-electron chi connectivity index (χ4n) is 5.15. The lowest BCUT2D eigenvalue weighted by Gasteiger charge is -2.30. The monoisotopic (exact) mass is 620 g/mol. The molecule has 4 aromatic rings. The highest BCUT2D eigenvalue weighted by Gasteiger charge is 2.32. The molecule has 0 unspecified atom stereocenters. The van der Waals surface area contributed by atoms with Gasteiger partial charge in [0.15, 0.2) is 16.3 Å². The van der Waals surface area contributed by atoms with Crippen molar-refractivity contribution in [3.8, 4) is 11.5 Å². The molecule has 7 rings (SSSR count). The van der Waals surface area contributed by atoms with Crippen LogP contribution in [0.15, 0.2) is 85.0 Å². The molecule has 5 nitrogen and oxygen atoms in total. The number of hydrogen-bond donors (Lipinski definition) is 0. The molecule has 2 aliphatic heterocycles. The van der Waals surface area contributed by atoms with E-state index in [4.69, 9.17) is 14.5 Å². The van der Waals surface area contributed by atoms with Crippen molar-refractivity contribution in [1.82, 2.24) is 4.57 Å². The first kappa shape index (κ1) is 22.3. The Kier molecular flexibility index (Phi) is 5.30. The molecule has 36 heavy (non-hydrogen) atoms. The summed E-state index contributed by atoms with van der Waals surface area (Å²) in [6.07, 6.45) is 3.71. The van der Waals surface area contributed by atoms with E-state index in [2.05, 4.69) is 68.3 Å². The Balaban J connectivity index is 1.47. The Morgan fingerprint density at radius 1 is 1.00 bits per heavy atom. The molecule has 0 saturated carbocycles. The summed E-state index contributed by atoms with van der Waals surface area (Å²) in [4.78, 5) is 19.7. The van der Waals surface area contributed by atoms with E-state index < -0.39 is 0 Å². The average Bonchev–Trinajstić information content (AvgIpc) is 3.47. The van der Waals surface area contributed by atoms with Crippen molar-refractivity contribution in [2.24, 2.45) is 4.99 Å². The Morgan fingerprint density at radius 3 is 2.61 bits per heavy atom. The van der Waals surface area contributed by atoms with E-state index in [9.17, 15) is 4.79 Å². The van der Waals surface area contributed by atoms with E-state index in [0.717, 1.165) is 44.2 Å². The maximum Gasteiger partial charge on any atom is 0.271 e. The molecule has 8 heteroatoms. The first-order valence-corrected chi connectivity index (χ1v) is 13.9. The predicted octanol–water partition coefficient (Wildman–Crippen LogP) is 5.57. The third kappa shape index (κ3) is 3.54. The maximum absolute atomic E-state index is 13.9. The smallest absolute Gasteiger partial charge is 0.271 e. The summed E-state index contributed by atoms with van der Waals surface area (Å²) in [7, 11) is 0. The number of benzene rings is 3. The van der Waals surface area contributed by atoms with E-state index in [1.54, 1.807) is 0 Å². The number of fused-ring (bicyclic) bond motifs is 4. The van der Waals surface area contributed by atoms with Gasteiger partial charge < -0.3 is 9.47 Å². The highest BCUT2D eigenvalue weighted by molar-refractivity contribution is 9.10. The van der Waals surface area contributed by atoms with E-state index in [1.807, 2.05) is 34.9 Å². The summed E-state index contributed by atoms with van der Waals surface area (Å²) in [5.41, 5.74) is 6.56. The maximum atomic E-state index is 13.9. The van der Waals surface area contributed by atoms with Crippen LogP contribution in [0.3, 0.4) is 0 Å². The summed E-state index contributed by atoms with van der Waals surface area (Å²) in [5.74, 6) is 1.37. The summed E-state index contributed by atoms with van der Waals surface area (Å²) in [5, 5.41) is 0. The zero-order valence-electron chi connectivity index (χ0n) is 18.8. The summed E-state index contributed by atoms with van der Waals surface area (Å²) < 4.78 is 15.4. The second-order valence-electron chi connectivity index (χ2n) is 8.89. The second kappa shape index (κ2) is 8.57. The summed E-state index contributed by atoms with van der Waals surface area (Å²) in [6.45, 7) is 0.202. The molecule has 1 atom stereocenters. The fraction of sp³-hybridized carbons (Fsp3) is 0.143. The molecule has 3 heterocycles. The van der Waals surface area contributed by atoms with Crippen LogP contribution in [0.4, 0.5) is 0 Å². The second-order valence-corrected chi connectivity index (χ2v) is 11.7. The Hall–Kier alpha value is -2.94. The van der Waals surface area contributed by atoms with Crippen molar-refractivity contribution in [2.45, 2.75) is 18.9 Å². The lowest BCUT2D eigenvalue weighted by Crippen LogP contribution is -2.38. The van der Waals surface area contributed by atoms with E-state index in [-0.39, 0.29) is 18.4 Å². The molecule has 0 amide bonds. The number of thiazole rings is 1. The van der Waals surface area contributed by atoms with Gasteiger partial charge in [-0.1, -0.05) is 79.6 Å². The van der Waals surface area contributed by atoms with E-state index in [1.165, 1.54) is 22.5 Å². The van der Waals surface area contributed by atoms with Crippen molar-refractivity contribution in [3.63, 3.8) is 0 Å². The van der Waals surface area contributed by atoms with Crippen LogP contribution in [0.5, 0.6) is 11.5 Å². The van der Waals surface area contributed by atoms with Crippen LogP contribution in [0.1, 0.15) is 34.7 Å². The Morgan fingerprint density at radius 2 is 1.78 bits per heavy atom. The Labute approximate surface area is 227 Å².